The lowest BCUT2D eigenvalue weighted by Crippen LogP contribution is -2.24. The van der Waals surface area contributed by atoms with Crippen LogP contribution < -0.4 is 10.2 Å². The summed E-state index contributed by atoms with van der Waals surface area (Å²) in [6.45, 7) is -0.230. The fraction of sp³-hybridized carbons (Fsp3) is 0.263. The van der Waals surface area contributed by atoms with E-state index in [-0.39, 0.29) is 24.3 Å². The molecule has 2 aromatic heterocycles. The largest absolute Gasteiger partial charge is 0.471 e. The number of carbonyl (C=O) groups is 1. The van der Waals surface area contributed by atoms with E-state index < -0.39 is 29.8 Å². The molecule has 12 heteroatoms. The van der Waals surface area contributed by atoms with Crippen LogP contribution in [0.4, 0.5) is 28.2 Å². The standard InChI is InChI=1S/C19H17F4N5O3/c1-28(2)16-13(4-3-7-24-16)10-30-18(29)25-9-12-6-5-11(8-14(12)20)15-26-17(31-27-15)19(21,22)23/h3-8H,9-10H2,1-2H3,(H,25,29). The highest BCUT2D eigenvalue weighted by Gasteiger charge is 2.38. The minimum atomic E-state index is -4.79. The van der Waals surface area contributed by atoms with Crippen LogP contribution in [0.25, 0.3) is 11.4 Å². The van der Waals surface area contributed by atoms with Crippen LogP contribution in [0, 0.1) is 5.82 Å². The molecule has 0 spiro atoms. The van der Waals surface area contributed by atoms with Crippen molar-refractivity contribution >= 4 is 11.9 Å². The number of rotatable bonds is 6. The van der Waals surface area contributed by atoms with Gasteiger partial charge in [-0.1, -0.05) is 23.4 Å². The van der Waals surface area contributed by atoms with Crippen molar-refractivity contribution in [1.82, 2.24) is 20.4 Å². The summed E-state index contributed by atoms with van der Waals surface area (Å²) >= 11 is 0. The Balaban J connectivity index is 1.58. The van der Waals surface area contributed by atoms with Crippen molar-refractivity contribution in [3.05, 3.63) is 59.4 Å². The first-order chi connectivity index (χ1) is 14.6. The zero-order valence-corrected chi connectivity index (χ0v) is 16.4. The van der Waals surface area contributed by atoms with Crippen LogP contribution in [-0.4, -0.2) is 35.3 Å². The Kier molecular flexibility index (Phi) is 6.37. The van der Waals surface area contributed by atoms with E-state index >= 15 is 0 Å². The minimum Gasteiger partial charge on any atom is -0.445 e. The first-order valence-corrected chi connectivity index (χ1v) is 8.86. The molecule has 0 saturated carbocycles. The molecule has 8 nitrogen and oxygen atoms in total. The Labute approximate surface area is 173 Å². The van der Waals surface area contributed by atoms with Gasteiger partial charge in [0.05, 0.1) is 0 Å². The summed E-state index contributed by atoms with van der Waals surface area (Å²) in [5.74, 6) is -2.05. The zero-order chi connectivity index (χ0) is 22.6. The van der Waals surface area contributed by atoms with E-state index in [0.717, 1.165) is 6.07 Å². The third-order valence-electron chi connectivity index (χ3n) is 4.05. The van der Waals surface area contributed by atoms with E-state index in [9.17, 15) is 22.4 Å². The Hall–Kier alpha value is -3.70. The molecular formula is C19H17F4N5O3. The SMILES string of the molecule is CN(C)c1ncccc1COC(=O)NCc1ccc(-c2noc(C(F)(F)F)n2)cc1F. The Morgan fingerprint density at radius 2 is 2.00 bits per heavy atom. The number of hydrogen-bond donors (Lipinski definition) is 1. The number of pyridine rings is 1. The topological polar surface area (TPSA) is 93.4 Å². The molecule has 0 saturated heterocycles. The molecule has 0 fully saturated rings. The van der Waals surface area contributed by atoms with Crippen molar-refractivity contribution in [3.63, 3.8) is 0 Å². The number of hydrogen-bond acceptors (Lipinski definition) is 7. The number of benzene rings is 1. The normalized spacial score (nSPS) is 11.3. The van der Waals surface area contributed by atoms with Gasteiger partial charge in [0.25, 0.3) is 0 Å². The van der Waals surface area contributed by atoms with E-state index in [4.69, 9.17) is 4.74 Å². The molecule has 3 rings (SSSR count). The van der Waals surface area contributed by atoms with Crippen LogP contribution in [0.2, 0.25) is 0 Å². The Morgan fingerprint density at radius 1 is 1.23 bits per heavy atom. The van der Waals surface area contributed by atoms with E-state index in [2.05, 4.69) is 25.0 Å². The summed E-state index contributed by atoms with van der Waals surface area (Å²) in [5.41, 5.74) is 0.781. The first kappa shape index (κ1) is 22.0. The maximum Gasteiger partial charge on any atom is 0.471 e. The average Bonchev–Trinajstić information content (AvgIpc) is 3.22. The van der Waals surface area contributed by atoms with Gasteiger partial charge in [0.15, 0.2) is 0 Å². The smallest absolute Gasteiger partial charge is 0.445 e. The van der Waals surface area contributed by atoms with Gasteiger partial charge in [-0.3, -0.25) is 0 Å². The summed E-state index contributed by atoms with van der Waals surface area (Å²) in [4.78, 5) is 21.1. The third kappa shape index (κ3) is 5.47. The average molecular weight is 439 g/mol. The second-order valence-corrected chi connectivity index (χ2v) is 6.54. The van der Waals surface area contributed by atoms with Crippen molar-refractivity contribution in [3.8, 4) is 11.4 Å². The molecular weight excluding hydrogens is 422 g/mol. The van der Waals surface area contributed by atoms with Gasteiger partial charge < -0.3 is 19.5 Å². The molecule has 0 aliphatic carbocycles. The lowest BCUT2D eigenvalue weighted by molar-refractivity contribution is -0.159. The van der Waals surface area contributed by atoms with Gasteiger partial charge in [-0.15, -0.1) is 0 Å². The van der Waals surface area contributed by atoms with Gasteiger partial charge in [-0.2, -0.15) is 18.2 Å². The Morgan fingerprint density at radius 3 is 2.65 bits per heavy atom. The number of ether oxygens (including phenoxy) is 1. The van der Waals surface area contributed by atoms with Gasteiger partial charge in [-0.25, -0.2) is 14.2 Å². The van der Waals surface area contributed by atoms with Crippen LogP contribution >= 0.6 is 0 Å². The van der Waals surface area contributed by atoms with Crippen LogP contribution in [-0.2, 0) is 24.1 Å². The third-order valence-corrected chi connectivity index (χ3v) is 4.05. The predicted molar refractivity (Wildman–Crippen MR) is 100 cm³/mol. The van der Waals surface area contributed by atoms with Crippen LogP contribution in [0.1, 0.15) is 17.0 Å². The summed E-state index contributed by atoms with van der Waals surface area (Å²) in [5, 5.41) is 5.61. The van der Waals surface area contributed by atoms with Crippen molar-refractivity contribution < 1.29 is 31.6 Å². The molecule has 0 aliphatic rings. The number of nitrogens with zero attached hydrogens (tertiary/aromatic N) is 4. The molecule has 3 aromatic rings. The van der Waals surface area contributed by atoms with Gasteiger partial charge in [0.1, 0.15) is 18.2 Å². The lowest BCUT2D eigenvalue weighted by Gasteiger charge is -2.15. The van der Waals surface area contributed by atoms with Gasteiger partial charge >= 0.3 is 18.2 Å². The molecule has 1 amide bonds. The molecule has 0 radical (unpaired) electrons. The van der Waals surface area contributed by atoms with E-state index in [1.807, 2.05) is 0 Å². The predicted octanol–water partition coefficient (Wildman–Crippen LogP) is 3.78. The van der Waals surface area contributed by atoms with Gasteiger partial charge in [0, 0.05) is 43.5 Å². The fourth-order valence-corrected chi connectivity index (χ4v) is 2.59. The highest BCUT2D eigenvalue weighted by Crippen LogP contribution is 2.29. The monoisotopic (exact) mass is 439 g/mol. The molecule has 0 atom stereocenters. The molecule has 164 valence electrons. The molecule has 2 heterocycles. The van der Waals surface area contributed by atoms with Crippen molar-refractivity contribution in [2.45, 2.75) is 19.3 Å². The molecule has 1 aromatic carbocycles. The van der Waals surface area contributed by atoms with Crippen LogP contribution in [0.15, 0.2) is 41.1 Å². The molecule has 0 unspecified atom stereocenters. The quantitative estimate of drug-likeness (QED) is 0.584. The number of nitrogens with one attached hydrogen (secondary N) is 1. The van der Waals surface area contributed by atoms with Crippen LogP contribution in [0.3, 0.4) is 0 Å². The fourth-order valence-electron chi connectivity index (χ4n) is 2.59. The van der Waals surface area contributed by atoms with E-state index in [1.54, 1.807) is 37.3 Å². The van der Waals surface area contributed by atoms with Gasteiger partial charge in [0.2, 0.25) is 5.82 Å². The highest BCUT2D eigenvalue weighted by molar-refractivity contribution is 5.67. The van der Waals surface area contributed by atoms with Crippen molar-refractivity contribution in [2.24, 2.45) is 0 Å². The van der Waals surface area contributed by atoms with Crippen molar-refractivity contribution in [1.29, 1.82) is 0 Å². The lowest BCUT2D eigenvalue weighted by atomic mass is 10.1. The summed E-state index contributed by atoms with van der Waals surface area (Å²) in [6, 6.07) is 7.03. The maximum absolute atomic E-state index is 14.3. The number of amides is 1. The summed E-state index contributed by atoms with van der Waals surface area (Å²) in [7, 11) is 3.60. The minimum absolute atomic E-state index is 0.00383. The first-order valence-electron chi connectivity index (χ1n) is 8.86. The number of carbonyl (C=O) groups excluding carboxylic acids is 1. The molecule has 0 bridgehead atoms. The Bertz CT molecular complexity index is 1070. The second-order valence-electron chi connectivity index (χ2n) is 6.54. The highest BCUT2D eigenvalue weighted by atomic mass is 19.4. The maximum atomic E-state index is 14.3. The number of halogens is 4. The van der Waals surface area contributed by atoms with Crippen molar-refractivity contribution in [2.75, 3.05) is 19.0 Å². The summed E-state index contributed by atoms with van der Waals surface area (Å²) in [6.07, 6.45) is -3.95. The number of alkyl halides is 3. The summed E-state index contributed by atoms with van der Waals surface area (Å²) < 4.78 is 61.2. The number of aromatic nitrogens is 3. The second kappa shape index (κ2) is 8.98. The zero-order valence-electron chi connectivity index (χ0n) is 16.4. The molecule has 1 N–H and O–H groups in total. The molecule has 0 aliphatic heterocycles. The molecule has 31 heavy (non-hydrogen) atoms. The van der Waals surface area contributed by atoms with Crippen LogP contribution in [0.5, 0.6) is 0 Å². The van der Waals surface area contributed by atoms with E-state index in [0.29, 0.717) is 11.4 Å². The number of anilines is 1. The number of alkyl carbamates (subject to hydrolysis) is 1. The van der Waals surface area contributed by atoms with Gasteiger partial charge in [-0.05, 0) is 12.1 Å². The van der Waals surface area contributed by atoms with E-state index in [1.165, 1.54) is 12.1 Å².